The highest BCUT2D eigenvalue weighted by molar-refractivity contribution is 6.31. The van der Waals surface area contributed by atoms with Crippen molar-refractivity contribution in [3.05, 3.63) is 57.2 Å². The molecular weight excluding hydrogens is 347 g/mol. The molecule has 7 heteroatoms. The Hall–Kier alpha value is -2.26. The standard InChI is InChI=1S/C17H14Cl2N4O/c18-14-2-3-15-13(6-14)5-11(9-24-10-22-15)8-21-16-4-1-12(7-20)17(19)23-16/h1-6,22H,8-10H2,(H,21,23)/b11-5-. The summed E-state index contributed by atoms with van der Waals surface area (Å²) in [5, 5.41) is 16.1. The number of benzene rings is 1. The van der Waals surface area contributed by atoms with Gasteiger partial charge in [-0.25, -0.2) is 4.98 Å². The maximum atomic E-state index is 8.88. The predicted molar refractivity (Wildman–Crippen MR) is 96.3 cm³/mol. The van der Waals surface area contributed by atoms with E-state index in [0.29, 0.717) is 36.3 Å². The topological polar surface area (TPSA) is 70.0 Å². The molecule has 3 rings (SSSR count). The zero-order chi connectivity index (χ0) is 16.9. The molecule has 0 unspecified atom stereocenters. The molecule has 2 N–H and O–H groups in total. The van der Waals surface area contributed by atoms with Crippen LogP contribution in [0.2, 0.25) is 10.2 Å². The number of ether oxygens (including phenoxy) is 1. The van der Waals surface area contributed by atoms with Gasteiger partial charge in [-0.05, 0) is 47.5 Å². The van der Waals surface area contributed by atoms with Crippen LogP contribution < -0.4 is 10.6 Å². The summed E-state index contributed by atoms with van der Waals surface area (Å²) in [4.78, 5) is 4.16. The molecule has 1 aliphatic heterocycles. The quantitative estimate of drug-likeness (QED) is 0.804. The highest BCUT2D eigenvalue weighted by atomic mass is 35.5. The molecule has 2 aromatic rings. The van der Waals surface area contributed by atoms with Crippen LogP contribution >= 0.6 is 23.2 Å². The average molecular weight is 361 g/mol. The van der Waals surface area contributed by atoms with Gasteiger partial charge < -0.3 is 15.4 Å². The van der Waals surface area contributed by atoms with Gasteiger partial charge in [0.2, 0.25) is 0 Å². The molecule has 122 valence electrons. The molecule has 2 heterocycles. The highest BCUT2D eigenvalue weighted by Crippen LogP contribution is 2.25. The lowest BCUT2D eigenvalue weighted by Gasteiger charge is -2.17. The lowest BCUT2D eigenvalue weighted by Crippen LogP contribution is -2.16. The van der Waals surface area contributed by atoms with Crippen molar-refractivity contribution in [3.8, 4) is 6.07 Å². The van der Waals surface area contributed by atoms with E-state index in [1.165, 1.54) is 0 Å². The monoisotopic (exact) mass is 360 g/mol. The van der Waals surface area contributed by atoms with Crippen LogP contribution in [0.5, 0.6) is 0 Å². The molecule has 0 amide bonds. The summed E-state index contributed by atoms with van der Waals surface area (Å²) in [5.74, 6) is 0.603. The van der Waals surface area contributed by atoms with E-state index in [1.54, 1.807) is 12.1 Å². The molecule has 0 aliphatic carbocycles. The summed E-state index contributed by atoms with van der Waals surface area (Å²) < 4.78 is 5.58. The van der Waals surface area contributed by atoms with Crippen molar-refractivity contribution >= 4 is 40.8 Å². The first-order valence-corrected chi connectivity index (χ1v) is 8.02. The van der Waals surface area contributed by atoms with Crippen molar-refractivity contribution in [1.29, 1.82) is 5.26 Å². The van der Waals surface area contributed by atoms with Crippen LogP contribution in [0.15, 0.2) is 35.9 Å². The maximum absolute atomic E-state index is 8.88. The van der Waals surface area contributed by atoms with Crippen molar-refractivity contribution in [3.63, 3.8) is 0 Å². The van der Waals surface area contributed by atoms with Gasteiger partial charge in [-0.2, -0.15) is 5.26 Å². The molecule has 1 aromatic carbocycles. The number of nitriles is 1. The Morgan fingerprint density at radius 2 is 2.17 bits per heavy atom. The van der Waals surface area contributed by atoms with E-state index in [2.05, 4.69) is 15.6 Å². The molecule has 0 radical (unpaired) electrons. The van der Waals surface area contributed by atoms with Gasteiger partial charge >= 0.3 is 0 Å². The van der Waals surface area contributed by atoms with Gasteiger partial charge in [-0.3, -0.25) is 0 Å². The number of halogens is 2. The van der Waals surface area contributed by atoms with E-state index in [9.17, 15) is 0 Å². The predicted octanol–water partition coefficient (Wildman–Crippen LogP) is 4.16. The van der Waals surface area contributed by atoms with E-state index >= 15 is 0 Å². The Morgan fingerprint density at radius 3 is 2.96 bits per heavy atom. The first-order chi connectivity index (χ1) is 11.7. The molecule has 0 atom stereocenters. The van der Waals surface area contributed by atoms with Crippen LogP contribution in [-0.2, 0) is 4.74 Å². The Balaban J connectivity index is 1.78. The number of rotatable bonds is 3. The fourth-order valence-electron chi connectivity index (χ4n) is 2.31. The summed E-state index contributed by atoms with van der Waals surface area (Å²) in [6, 6.07) is 11.0. The van der Waals surface area contributed by atoms with Crippen LogP contribution in [0, 0.1) is 11.3 Å². The van der Waals surface area contributed by atoms with Gasteiger partial charge in [0, 0.05) is 17.3 Å². The summed E-state index contributed by atoms with van der Waals surface area (Å²) >= 11 is 12.0. The molecule has 0 spiro atoms. The van der Waals surface area contributed by atoms with Crippen molar-refractivity contribution in [2.24, 2.45) is 0 Å². The smallest absolute Gasteiger partial charge is 0.149 e. The summed E-state index contributed by atoms with van der Waals surface area (Å²) in [6.45, 7) is 1.45. The molecule has 0 saturated carbocycles. The molecule has 1 aromatic heterocycles. The number of pyridine rings is 1. The summed E-state index contributed by atoms with van der Waals surface area (Å²) in [7, 11) is 0. The van der Waals surface area contributed by atoms with Crippen molar-refractivity contribution in [2.45, 2.75) is 0 Å². The number of nitrogens with one attached hydrogen (secondary N) is 2. The SMILES string of the molecule is N#Cc1ccc(NC/C2=C/c3cc(Cl)ccc3NCOC2)nc1Cl. The van der Waals surface area contributed by atoms with Crippen LogP contribution in [0.4, 0.5) is 11.5 Å². The number of aromatic nitrogens is 1. The second-order valence-corrected chi connectivity index (χ2v) is 6.00. The molecular formula is C17H14Cl2N4O. The minimum absolute atomic E-state index is 0.187. The molecule has 0 fully saturated rings. The van der Waals surface area contributed by atoms with E-state index in [4.69, 9.17) is 33.2 Å². The normalized spacial score (nSPS) is 15.8. The second kappa shape index (κ2) is 7.54. The summed E-state index contributed by atoms with van der Waals surface area (Å²) in [6.07, 6.45) is 2.03. The lowest BCUT2D eigenvalue weighted by atomic mass is 10.1. The lowest BCUT2D eigenvalue weighted by molar-refractivity contribution is 0.175. The van der Waals surface area contributed by atoms with Gasteiger partial charge in [0.15, 0.2) is 0 Å². The van der Waals surface area contributed by atoms with Crippen LogP contribution in [0.3, 0.4) is 0 Å². The highest BCUT2D eigenvalue weighted by Gasteiger charge is 2.09. The largest absolute Gasteiger partial charge is 0.366 e. The van der Waals surface area contributed by atoms with Gasteiger partial charge in [-0.1, -0.05) is 23.2 Å². The van der Waals surface area contributed by atoms with Crippen molar-refractivity contribution in [1.82, 2.24) is 4.98 Å². The third-order valence-electron chi connectivity index (χ3n) is 3.49. The number of fused-ring (bicyclic) bond motifs is 1. The van der Waals surface area contributed by atoms with Crippen LogP contribution in [-0.4, -0.2) is 24.9 Å². The van der Waals surface area contributed by atoms with E-state index in [0.717, 1.165) is 16.8 Å². The van der Waals surface area contributed by atoms with E-state index < -0.39 is 0 Å². The zero-order valence-electron chi connectivity index (χ0n) is 12.6. The van der Waals surface area contributed by atoms with E-state index in [1.807, 2.05) is 30.3 Å². The van der Waals surface area contributed by atoms with Gasteiger partial charge in [0.1, 0.15) is 23.8 Å². The molecule has 24 heavy (non-hydrogen) atoms. The van der Waals surface area contributed by atoms with Gasteiger partial charge in [0.25, 0.3) is 0 Å². The Kier molecular flexibility index (Phi) is 5.21. The number of hydrogen-bond acceptors (Lipinski definition) is 5. The maximum Gasteiger partial charge on any atom is 0.149 e. The van der Waals surface area contributed by atoms with Crippen molar-refractivity contribution in [2.75, 3.05) is 30.5 Å². The Labute approximate surface area is 149 Å². The molecule has 0 saturated heterocycles. The number of anilines is 2. The first kappa shape index (κ1) is 16.6. The average Bonchev–Trinajstić information content (AvgIpc) is 2.55. The minimum atomic E-state index is 0.187. The zero-order valence-corrected chi connectivity index (χ0v) is 14.2. The molecule has 1 aliphatic rings. The fourth-order valence-corrected chi connectivity index (χ4v) is 2.69. The Morgan fingerprint density at radius 1 is 1.29 bits per heavy atom. The molecule has 0 bridgehead atoms. The van der Waals surface area contributed by atoms with Crippen molar-refractivity contribution < 1.29 is 4.74 Å². The number of nitrogens with zero attached hydrogens (tertiary/aromatic N) is 2. The fraction of sp³-hybridized carbons (Fsp3) is 0.176. The second-order valence-electron chi connectivity index (χ2n) is 5.20. The van der Waals surface area contributed by atoms with Gasteiger partial charge in [-0.15, -0.1) is 0 Å². The molecule has 5 nitrogen and oxygen atoms in total. The van der Waals surface area contributed by atoms with Crippen LogP contribution in [0.25, 0.3) is 6.08 Å². The van der Waals surface area contributed by atoms with Gasteiger partial charge in [0.05, 0.1) is 12.2 Å². The summed E-state index contributed by atoms with van der Waals surface area (Å²) in [5.41, 5.74) is 3.37. The third kappa shape index (κ3) is 3.98. The number of hydrogen-bond donors (Lipinski definition) is 2. The van der Waals surface area contributed by atoms with Crippen LogP contribution in [0.1, 0.15) is 11.1 Å². The Bertz CT molecular complexity index is 830. The third-order valence-corrected chi connectivity index (χ3v) is 4.01. The first-order valence-electron chi connectivity index (χ1n) is 7.27. The minimum Gasteiger partial charge on any atom is -0.366 e. The van der Waals surface area contributed by atoms with E-state index in [-0.39, 0.29) is 5.15 Å².